The summed E-state index contributed by atoms with van der Waals surface area (Å²) in [6, 6.07) is 14.1. The zero-order valence-electron chi connectivity index (χ0n) is 14.6. The number of carbonyl (C=O) groups is 1. The van der Waals surface area contributed by atoms with E-state index in [1.54, 1.807) is 30.2 Å². The number of amides is 1. The van der Waals surface area contributed by atoms with Gasteiger partial charge in [0, 0.05) is 13.1 Å². The number of nitrogens with zero attached hydrogens (tertiary/aromatic N) is 2. The van der Waals surface area contributed by atoms with Gasteiger partial charge < -0.3 is 9.64 Å². The van der Waals surface area contributed by atoms with Crippen LogP contribution in [0.2, 0.25) is 0 Å². The molecule has 2 aromatic carbocycles. The Balaban J connectivity index is 1.64. The summed E-state index contributed by atoms with van der Waals surface area (Å²) in [4.78, 5) is 16.3. The van der Waals surface area contributed by atoms with Crippen molar-refractivity contribution in [3.05, 3.63) is 59.9 Å². The number of carbonyl (C=O) groups excluding carboxylic acids is 1. The first-order valence-electron chi connectivity index (χ1n) is 8.50. The molecule has 0 bridgehead atoms. The average Bonchev–Trinajstić information content (AvgIpc) is 3.01. The molecule has 1 fully saturated rings. The molecule has 132 valence electrons. The standard InChI is InChI=1S/C20H23FN2O2/c1-22(13-11-15-7-3-6-10-19(15)25-2)18-12-14-23(20(18)24)17-9-5-4-8-16(17)21/h3-10,18H,11-14H2,1-2H3. The lowest BCUT2D eigenvalue weighted by atomic mass is 10.1. The van der Waals surface area contributed by atoms with Crippen molar-refractivity contribution in [1.82, 2.24) is 4.90 Å². The molecule has 0 aromatic heterocycles. The van der Waals surface area contributed by atoms with Crippen LogP contribution in [0.3, 0.4) is 0 Å². The van der Waals surface area contributed by atoms with E-state index in [1.165, 1.54) is 6.07 Å². The molecule has 0 radical (unpaired) electrons. The zero-order chi connectivity index (χ0) is 17.8. The van der Waals surface area contributed by atoms with Crippen molar-refractivity contribution in [2.24, 2.45) is 0 Å². The molecule has 2 aromatic rings. The molecule has 5 heteroatoms. The van der Waals surface area contributed by atoms with Crippen LogP contribution in [0.4, 0.5) is 10.1 Å². The smallest absolute Gasteiger partial charge is 0.244 e. The number of methoxy groups -OCH3 is 1. The maximum Gasteiger partial charge on any atom is 0.244 e. The molecule has 25 heavy (non-hydrogen) atoms. The summed E-state index contributed by atoms with van der Waals surface area (Å²) in [5.74, 6) is 0.474. The van der Waals surface area contributed by atoms with Gasteiger partial charge >= 0.3 is 0 Å². The van der Waals surface area contributed by atoms with Crippen LogP contribution in [0.1, 0.15) is 12.0 Å². The highest BCUT2D eigenvalue weighted by molar-refractivity contribution is 5.99. The largest absolute Gasteiger partial charge is 0.496 e. The Morgan fingerprint density at radius 1 is 1.20 bits per heavy atom. The first-order chi connectivity index (χ1) is 12.1. The van der Waals surface area contributed by atoms with Gasteiger partial charge in [-0.1, -0.05) is 30.3 Å². The van der Waals surface area contributed by atoms with Crippen LogP contribution >= 0.6 is 0 Å². The molecule has 1 saturated heterocycles. The van der Waals surface area contributed by atoms with Crippen molar-refractivity contribution in [2.75, 3.05) is 32.1 Å². The maximum atomic E-state index is 14.0. The Hall–Kier alpha value is -2.40. The third-order valence-corrected chi connectivity index (χ3v) is 4.78. The molecule has 1 atom stereocenters. The van der Waals surface area contributed by atoms with E-state index in [9.17, 15) is 9.18 Å². The first-order valence-corrected chi connectivity index (χ1v) is 8.50. The Labute approximate surface area is 147 Å². The summed E-state index contributed by atoms with van der Waals surface area (Å²) in [7, 11) is 3.61. The van der Waals surface area contributed by atoms with E-state index < -0.39 is 0 Å². The topological polar surface area (TPSA) is 32.8 Å². The van der Waals surface area contributed by atoms with Crippen molar-refractivity contribution in [2.45, 2.75) is 18.9 Å². The van der Waals surface area contributed by atoms with Gasteiger partial charge in [0.05, 0.1) is 18.8 Å². The highest BCUT2D eigenvalue weighted by atomic mass is 19.1. The van der Waals surface area contributed by atoms with Gasteiger partial charge in [-0.05, 0) is 43.7 Å². The molecule has 1 aliphatic rings. The minimum absolute atomic E-state index is 0.0346. The zero-order valence-corrected chi connectivity index (χ0v) is 14.6. The number of likely N-dealkylation sites (N-methyl/N-ethyl adjacent to an activating group) is 1. The number of hydrogen-bond donors (Lipinski definition) is 0. The lowest BCUT2D eigenvalue weighted by molar-refractivity contribution is -0.121. The van der Waals surface area contributed by atoms with Crippen LogP contribution in [-0.4, -0.2) is 44.1 Å². The van der Waals surface area contributed by atoms with E-state index in [1.807, 2.05) is 31.3 Å². The van der Waals surface area contributed by atoms with Crippen molar-refractivity contribution in [3.8, 4) is 5.75 Å². The average molecular weight is 342 g/mol. The van der Waals surface area contributed by atoms with Gasteiger partial charge in [-0.3, -0.25) is 9.69 Å². The summed E-state index contributed by atoms with van der Waals surface area (Å²) in [5, 5.41) is 0. The highest BCUT2D eigenvalue weighted by Gasteiger charge is 2.36. The second-order valence-electron chi connectivity index (χ2n) is 6.29. The first kappa shape index (κ1) is 17.4. The number of halogens is 1. The van der Waals surface area contributed by atoms with Crippen molar-refractivity contribution in [1.29, 1.82) is 0 Å². The van der Waals surface area contributed by atoms with Gasteiger partial charge in [0.15, 0.2) is 0 Å². The SMILES string of the molecule is COc1ccccc1CCN(C)C1CCN(c2ccccc2F)C1=O. The van der Waals surface area contributed by atoms with Gasteiger partial charge in [-0.15, -0.1) is 0 Å². The summed E-state index contributed by atoms with van der Waals surface area (Å²) >= 11 is 0. The third kappa shape index (κ3) is 3.66. The van der Waals surface area contributed by atoms with Gasteiger partial charge in [0.1, 0.15) is 11.6 Å². The molecule has 1 heterocycles. The van der Waals surface area contributed by atoms with Crippen LogP contribution < -0.4 is 9.64 Å². The summed E-state index contributed by atoms with van der Waals surface area (Å²) in [6.07, 6.45) is 1.50. The molecular formula is C20H23FN2O2. The van der Waals surface area contributed by atoms with E-state index in [0.717, 1.165) is 24.3 Å². The number of anilines is 1. The van der Waals surface area contributed by atoms with Crippen molar-refractivity contribution < 1.29 is 13.9 Å². The molecule has 0 saturated carbocycles. The van der Waals surface area contributed by atoms with E-state index in [0.29, 0.717) is 18.7 Å². The third-order valence-electron chi connectivity index (χ3n) is 4.78. The van der Waals surface area contributed by atoms with E-state index in [-0.39, 0.29) is 17.8 Å². The number of para-hydroxylation sites is 2. The number of rotatable bonds is 6. The summed E-state index contributed by atoms with van der Waals surface area (Å²) < 4.78 is 19.4. The molecule has 0 aliphatic carbocycles. The summed E-state index contributed by atoms with van der Waals surface area (Å²) in [5.41, 5.74) is 1.49. The van der Waals surface area contributed by atoms with Crippen LogP contribution in [0.5, 0.6) is 5.75 Å². The quantitative estimate of drug-likeness (QED) is 0.809. The van der Waals surface area contributed by atoms with Crippen molar-refractivity contribution >= 4 is 11.6 Å². The van der Waals surface area contributed by atoms with Crippen LogP contribution in [0.15, 0.2) is 48.5 Å². The molecule has 1 aliphatic heterocycles. The van der Waals surface area contributed by atoms with Gasteiger partial charge in [0.2, 0.25) is 5.91 Å². The number of hydrogen-bond acceptors (Lipinski definition) is 3. The minimum atomic E-state index is -0.354. The predicted octanol–water partition coefficient (Wildman–Crippen LogP) is 3.11. The van der Waals surface area contributed by atoms with Crippen LogP contribution in [0, 0.1) is 5.82 Å². The number of benzene rings is 2. The minimum Gasteiger partial charge on any atom is -0.496 e. The molecule has 3 rings (SSSR count). The molecular weight excluding hydrogens is 319 g/mol. The maximum absolute atomic E-state index is 14.0. The van der Waals surface area contributed by atoms with E-state index in [2.05, 4.69) is 4.90 Å². The number of ether oxygens (including phenoxy) is 1. The highest BCUT2D eigenvalue weighted by Crippen LogP contribution is 2.26. The fourth-order valence-electron chi connectivity index (χ4n) is 3.35. The fourth-order valence-corrected chi connectivity index (χ4v) is 3.35. The monoisotopic (exact) mass is 342 g/mol. The molecule has 0 spiro atoms. The van der Waals surface area contributed by atoms with Crippen LogP contribution in [0.25, 0.3) is 0 Å². The Morgan fingerprint density at radius 3 is 2.68 bits per heavy atom. The fraction of sp³-hybridized carbons (Fsp3) is 0.350. The predicted molar refractivity (Wildman–Crippen MR) is 96.5 cm³/mol. The molecule has 1 amide bonds. The Bertz CT molecular complexity index is 750. The van der Waals surface area contributed by atoms with E-state index in [4.69, 9.17) is 4.74 Å². The lowest BCUT2D eigenvalue weighted by Crippen LogP contribution is -2.40. The second-order valence-corrected chi connectivity index (χ2v) is 6.29. The van der Waals surface area contributed by atoms with Crippen LogP contribution in [-0.2, 0) is 11.2 Å². The van der Waals surface area contributed by atoms with Crippen molar-refractivity contribution in [3.63, 3.8) is 0 Å². The molecule has 4 nitrogen and oxygen atoms in total. The molecule has 1 unspecified atom stereocenters. The summed E-state index contributed by atoms with van der Waals surface area (Å²) in [6.45, 7) is 1.28. The lowest BCUT2D eigenvalue weighted by Gasteiger charge is -2.24. The van der Waals surface area contributed by atoms with E-state index >= 15 is 0 Å². The molecule has 0 N–H and O–H groups in total. The van der Waals surface area contributed by atoms with Gasteiger partial charge in [-0.25, -0.2) is 4.39 Å². The van der Waals surface area contributed by atoms with Gasteiger partial charge in [-0.2, -0.15) is 0 Å². The Kier molecular flexibility index (Phi) is 5.34. The second kappa shape index (κ2) is 7.66. The van der Waals surface area contributed by atoms with Gasteiger partial charge in [0.25, 0.3) is 0 Å². The Morgan fingerprint density at radius 2 is 1.92 bits per heavy atom. The normalized spacial score (nSPS) is 17.4.